The first-order valence-electron chi connectivity index (χ1n) is 10.5. The number of esters is 1. The van der Waals surface area contributed by atoms with E-state index in [0.29, 0.717) is 48.8 Å². The number of hydrogen-bond donors (Lipinski definition) is 0. The summed E-state index contributed by atoms with van der Waals surface area (Å²) in [6.45, 7) is 0.228. The Balaban J connectivity index is 2.41. The molecule has 2 aromatic carbocycles. The van der Waals surface area contributed by atoms with Crippen molar-refractivity contribution in [3.8, 4) is 34.5 Å². The van der Waals surface area contributed by atoms with Gasteiger partial charge in [0.25, 0.3) is 0 Å². The van der Waals surface area contributed by atoms with Gasteiger partial charge in [-0.05, 0) is 55.1 Å². The molecule has 1 aliphatic heterocycles. The molecule has 1 heterocycles. The molecule has 2 aromatic rings. The van der Waals surface area contributed by atoms with Gasteiger partial charge >= 0.3 is 5.97 Å². The molecule has 0 spiro atoms. The molecule has 1 aliphatic rings. The van der Waals surface area contributed by atoms with E-state index in [4.69, 9.17) is 33.2 Å². The molecule has 3 rings (SSSR count). The number of methoxy groups -OCH3 is 6. The van der Waals surface area contributed by atoms with E-state index in [-0.39, 0.29) is 24.4 Å². The zero-order valence-corrected chi connectivity index (χ0v) is 25.0. The fourth-order valence-electron chi connectivity index (χ4n) is 4.44. The molecule has 0 aliphatic carbocycles. The first kappa shape index (κ1) is 27.7. The van der Waals surface area contributed by atoms with Gasteiger partial charge in [0.1, 0.15) is 0 Å². The van der Waals surface area contributed by atoms with Crippen LogP contribution < -0.4 is 28.4 Å². The summed E-state index contributed by atoms with van der Waals surface area (Å²) in [4.78, 5) is 12.6. The summed E-state index contributed by atoms with van der Waals surface area (Å²) in [7, 11) is 9.32. The van der Waals surface area contributed by atoms with Crippen LogP contribution in [-0.2, 0) is 9.53 Å². The molecule has 1 saturated heterocycles. The van der Waals surface area contributed by atoms with E-state index in [0.717, 1.165) is 11.1 Å². The second-order valence-electron chi connectivity index (χ2n) is 7.63. The normalized spacial score (nSPS) is 17.3. The maximum absolute atomic E-state index is 12.6. The van der Waals surface area contributed by atoms with Crippen LogP contribution in [0, 0.1) is 11.8 Å². The summed E-state index contributed by atoms with van der Waals surface area (Å²) in [5.41, 5.74) is 1.62. The van der Waals surface area contributed by atoms with Crippen molar-refractivity contribution in [2.45, 2.75) is 5.92 Å². The summed E-state index contributed by atoms with van der Waals surface area (Å²) in [5.74, 6) is 1.53. The van der Waals surface area contributed by atoms with E-state index in [1.165, 1.54) is 0 Å². The Kier molecular flexibility index (Phi) is 9.45. The SMILES string of the molecule is COc1cc(C(c2cc(OC)c(OC)c(OC)c2Br)C2COC(=O)C2CBr)c(Br)c(OC)c1OC. The molecule has 0 saturated carbocycles. The van der Waals surface area contributed by atoms with Gasteiger partial charge in [-0.3, -0.25) is 4.79 Å². The number of rotatable bonds is 10. The Labute approximate surface area is 229 Å². The molecule has 0 radical (unpaired) electrons. The largest absolute Gasteiger partial charge is 0.493 e. The van der Waals surface area contributed by atoms with Crippen molar-refractivity contribution in [3.05, 3.63) is 32.2 Å². The Morgan fingerprint density at radius 1 is 0.800 bits per heavy atom. The first-order valence-corrected chi connectivity index (χ1v) is 13.2. The van der Waals surface area contributed by atoms with Gasteiger partial charge in [0.15, 0.2) is 23.0 Å². The van der Waals surface area contributed by atoms with Crippen molar-refractivity contribution < 1.29 is 38.0 Å². The molecule has 192 valence electrons. The fraction of sp³-hybridized carbons (Fsp3) is 0.458. The first-order chi connectivity index (χ1) is 16.8. The average molecular weight is 683 g/mol. The molecule has 2 unspecified atom stereocenters. The number of carbonyl (C=O) groups is 1. The second-order valence-corrected chi connectivity index (χ2v) is 9.86. The van der Waals surface area contributed by atoms with Gasteiger partial charge < -0.3 is 33.2 Å². The van der Waals surface area contributed by atoms with Crippen LogP contribution in [0.15, 0.2) is 21.1 Å². The summed E-state index contributed by atoms with van der Waals surface area (Å²) in [5, 5.41) is 0.442. The number of cyclic esters (lactones) is 1. The number of benzene rings is 2. The molecule has 0 amide bonds. The monoisotopic (exact) mass is 680 g/mol. The van der Waals surface area contributed by atoms with Crippen LogP contribution in [0.1, 0.15) is 17.0 Å². The molecular formula is C24H27Br3O8. The number of carbonyl (C=O) groups excluding carboxylic acids is 1. The van der Waals surface area contributed by atoms with Crippen LogP contribution >= 0.6 is 47.8 Å². The van der Waals surface area contributed by atoms with Gasteiger partial charge in [-0.1, -0.05) is 15.9 Å². The predicted molar refractivity (Wildman–Crippen MR) is 141 cm³/mol. The Bertz CT molecular complexity index is 1020. The molecule has 0 N–H and O–H groups in total. The lowest BCUT2D eigenvalue weighted by Crippen LogP contribution is -2.25. The van der Waals surface area contributed by atoms with E-state index >= 15 is 0 Å². The average Bonchev–Trinajstić information content (AvgIpc) is 3.24. The highest BCUT2D eigenvalue weighted by atomic mass is 79.9. The fourth-order valence-corrected chi connectivity index (χ4v) is 6.59. The van der Waals surface area contributed by atoms with E-state index in [2.05, 4.69) is 47.8 Å². The van der Waals surface area contributed by atoms with E-state index in [9.17, 15) is 4.79 Å². The van der Waals surface area contributed by atoms with E-state index in [1.807, 2.05) is 12.1 Å². The van der Waals surface area contributed by atoms with Crippen molar-refractivity contribution in [1.82, 2.24) is 0 Å². The summed E-state index contributed by atoms with van der Waals surface area (Å²) in [6, 6.07) is 3.75. The van der Waals surface area contributed by atoms with Gasteiger partial charge in [-0.25, -0.2) is 0 Å². The van der Waals surface area contributed by atoms with Crippen molar-refractivity contribution >= 4 is 53.8 Å². The summed E-state index contributed by atoms with van der Waals surface area (Å²) < 4.78 is 40.6. The number of halogens is 3. The molecule has 35 heavy (non-hydrogen) atoms. The topological polar surface area (TPSA) is 81.7 Å². The highest BCUT2D eigenvalue weighted by Crippen LogP contribution is 2.55. The second kappa shape index (κ2) is 11.9. The van der Waals surface area contributed by atoms with Crippen LogP contribution in [0.25, 0.3) is 0 Å². The Hall–Kier alpha value is -1.85. The lowest BCUT2D eigenvalue weighted by Gasteiger charge is -2.30. The van der Waals surface area contributed by atoms with Gasteiger partial charge in [-0.15, -0.1) is 0 Å². The quantitative estimate of drug-likeness (QED) is 0.238. The predicted octanol–water partition coefficient (Wildman–Crippen LogP) is 5.58. The van der Waals surface area contributed by atoms with Gasteiger partial charge in [0.2, 0.25) is 11.5 Å². The molecule has 0 aromatic heterocycles. The number of ether oxygens (including phenoxy) is 7. The zero-order valence-electron chi connectivity index (χ0n) is 20.2. The summed E-state index contributed by atoms with van der Waals surface area (Å²) >= 11 is 10.9. The number of hydrogen-bond acceptors (Lipinski definition) is 8. The lowest BCUT2D eigenvalue weighted by molar-refractivity contribution is -0.140. The van der Waals surface area contributed by atoms with Crippen molar-refractivity contribution in [3.63, 3.8) is 0 Å². The van der Waals surface area contributed by atoms with Gasteiger partial charge in [-0.2, -0.15) is 0 Å². The molecule has 8 nitrogen and oxygen atoms in total. The minimum Gasteiger partial charge on any atom is -0.493 e. The van der Waals surface area contributed by atoms with Gasteiger partial charge in [0.05, 0.1) is 64.1 Å². The third-order valence-electron chi connectivity index (χ3n) is 6.10. The molecule has 11 heteroatoms. The van der Waals surface area contributed by atoms with Gasteiger partial charge in [0, 0.05) is 17.2 Å². The van der Waals surface area contributed by atoms with Crippen LogP contribution in [-0.4, -0.2) is 60.6 Å². The third-order valence-corrected chi connectivity index (χ3v) is 8.43. The molecule has 0 bridgehead atoms. The molecular weight excluding hydrogens is 656 g/mol. The van der Waals surface area contributed by atoms with E-state index < -0.39 is 5.92 Å². The van der Waals surface area contributed by atoms with E-state index in [1.54, 1.807) is 42.7 Å². The Morgan fingerprint density at radius 3 is 1.57 bits per heavy atom. The lowest BCUT2D eigenvalue weighted by atomic mass is 9.76. The van der Waals surface area contributed by atoms with Crippen LogP contribution in [0.3, 0.4) is 0 Å². The van der Waals surface area contributed by atoms with Crippen molar-refractivity contribution in [2.75, 3.05) is 54.6 Å². The van der Waals surface area contributed by atoms with Crippen LogP contribution in [0.5, 0.6) is 34.5 Å². The van der Waals surface area contributed by atoms with Crippen LogP contribution in [0.4, 0.5) is 0 Å². The minimum atomic E-state index is -0.392. The molecule has 1 fully saturated rings. The third kappa shape index (κ3) is 4.91. The number of alkyl halides is 1. The van der Waals surface area contributed by atoms with Crippen molar-refractivity contribution in [1.29, 1.82) is 0 Å². The van der Waals surface area contributed by atoms with Crippen LogP contribution in [0.2, 0.25) is 0 Å². The smallest absolute Gasteiger partial charge is 0.310 e. The highest BCUT2D eigenvalue weighted by Gasteiger charge is 2.44. The minimum absolute atomic E-state index is 0.228. The Morgan fingerprint density at radius 2 is 1.23 bits per heavy atom. The zero-order chi connectivity index (χ0) is 25.9. The highest BCUT2D eigenvalue weighted by molar-refractivity contribution is 9.11. The summed E-state index contributed by atoms with van der Waals surface area (Å²) in [6.07, 6.45) is 0. The maximum atomic E-state index is 12.6. The molecule has 2 atom stereocenters. The van der Waals surface area contributed by atoms with Crippen molar-refractivity contribution in [2.24, 2.45) is 11.8 Å². The standard InChI is InChI=1S/C24H27Br3O8/c1-29-15-7-11(18(26)22(33-5)20(15)31-3)17(14-10-35-24(28)13(14)9-25)12-8-16(30-2)21(32-4)23(34-6)19(12)27/h7-8,13-14,17H,9-10H2,1-6H3. The maximum Gasteiger partial charge on any atom is 0.310 e.